The van der Waals surface area contributed by atoms with Crippen molar-refractivity contribution in [2.75, 3.05) is 31.1 Å². The second-order valence-corrected chi connectivity index (χ2v) is 7.46. The molecular formula is C19H28ClN3O. The molecule has 24 heavy (non-hydrogen) atoms. The first-order valence-corrected chi connectivity index (χ1v) is 9.56. The van der Waals surface area contributed by atoms with Gasteiger partial charge in [0, 0.05) is 42.9 Å². The van der Waals surface area contributed by atoms with E-state index in [0.717, 1.165) is 44.0 Å². The van der Waals surface area contributed by atoms with Gasteiger partial charge in [0.15, 0.2) is 0 Å². The van der Waals surface area contributed by atoms with Gasteiger partial charge in [0.25, 0.3) is 0 Å². The summed E-state index contributed by atoms with van der Waals surface area (Å²) in [6.07, 6.45) is 6.09. The lowest BCUT2D eigenvalue weighted by Gasteiger charge is -2.39. The zero-order valence-electron chi connectivity index (χ0n) is 14.5. The highest BCUT2D eigenvalue weighted by Crippen LogP contribution is 2.22. The van der Waals surface area contributed by atoms with Gasteiger partial charge in [-0.25, -0.2) is 0 Å². The van der Waals surface area contributed by atoms with Crippen molar-refractivity contribution in [1.29, 1.82) is 0 Å². The minimum absolute atomic E-state index is 0.0477. The molecule has 1 saturated heterocycles. The first kappa shape index (κ1) is 17.6. The Balaban J connectivity index is 1.49. The molecule has 5 heteroatoms. The monoisotopic (exact) mass is 349 g/mol. The van der Waals surface area contributed by atoms with Crippen molar-refractivity contribution in [3.05, 3.63) is 29.3 Å². The fourth-order valence-corrected chi connectivity index (χ4v) is 3.96. The Labute approximate surface area is 150 Å². The number of carbonyl (C=O) groups is 1. The fraction of sp³-hybridized carbons (Fsp3) is 0.632. The highest BCUT2D eigenvalue weighted by atomic mass is 35.5. The molecule has 1 atom stereocenters. The van der Waals surface area contributed by atoms with Crippen molar-refractivity contribution in [1.82, 2.24) is 10.2 Å². The van der Waals surface area contributed by atoms with Crippen LogP contribution in [0.5, 0.6) is 0 Å². The molecule has 1 N–H and O–H groups in total. The molecular weight excluding hydrogens is 322 g/mol. The Morgan fingerprint density at radius 3 is 2.54 bits per heavy atom. The molecule has 1 heterocycles. The average Bonchev–Trinajstić information content (AvgIpc) is 2.62. The van der Waals surface area contributed by atoms with E-state index >= 15 is 0 Å². The molecule has 2 fully saturated rings. The quantitative estimate of drug-likeness (QED) is 0.906. The predicted octanol–water partition coefficient (Wildman–Crippen LogP) is 3.30. The smallest absolute Gasteiger partial charge is 0.237 e. The van der Waals surface area contributed by atoms with Gasteiger partial charge in [-0.15, -0.1) is 0 Å². The summed E-state index contributed by atoms with van der Waals surface area (Å²) in [7, 11) is 0. The van der Waals surface area contributed by atoms with Crippen LogP contribution < -0.4 is 10.2 Å². The summed E-state index contributed by atoms with van der Waals surface area (Å²) in [6.45, 7) is 5.72. The molecule has 1 saturated carbocycles. The molecule has 0 aromatic heterocycles. The molecule has 1 aromatic rings. The second kappa shape index (κ2) is 8.21. The van der Waals surface area contributed by atoms with E-state index < -0.39 is 0 Å². The maximum Gasteiger partial charge on any atom is 0.237 e. The van der Waals surface area contributed by atoms with Crippen LogP contribution in [0.4, 0.5) is 5.69 Å². The summed E-state index contributed by atoms with van der Waals surface area (Å²) >= 11 is 6.09. The van der Waals surface area contributed by atoms with Gasteiger partial charge in [-0.2, -0.15) is 0 Å². The zero-order valence-corrected chi connectivity index (χ0v) is 15.3. The van der Waals surface area contributed by atoms with Crippen LogP contribution in [0.15, 0.2) is 24.3 Å². The van der Waals surface area contributed by atoms with E-state index in [4.69, 9.17) is 11.6 Å². The lowest BCUT2D eigenvalue weighted by atomic mass is 9.95. The molecule has 0 bridgehead atoms. The lowest BCUT2D eigenvalue weighted by molar-refractivity contribution is -0.127. The Morgan fingerprint density at radius 1 is 1.17 bits per heavy atom. The molecule has 132 valence electrons. The molecule has 2 aliphatic rings. The topological polar surface area (TPSA) is 35.6 Å². The van der Waals surface area contributed by atoms with E-state index in [1.165, 1.54) is 24.9 Å². The molecule has 0 radical (unpaired) electrons. The summed E-state index contributed by atoms with van der Waals surface area (Å²) in [5, 5.41) is 4.03. The summed E-state index contributed by atoms with van der Waals surface area (Å²) < 4.78 is 0. The van der Waals surface area contributed by atoms with Gasteiger partial charge < -0.3 is 10.2 Å². The lowest BCUT2D eigenvalue weighted by Crippen LogP contribution is -2.55. The van der Waals surface area contributed by atoms with Crippen LogP contribution in [0, 0.1) is 0 Å². The summed E-state index contributed by atoms with van der Waals surface area (Å²) in [6, 6.07) is 8.34. The SMILES string of the molecule is CC(C(=O)NC1CCCCC1)N1CCN(c2cccc(Cl)c2)CC1. The van der Waals surface area contributed by atoms with E-state index in [9.17, 15) is 4.79 Å². The van der Waals surface area contributed by atoms with E-state index in [2.05, 4.69) is 21.2 Å². The first-order chi connectivity index (χ1) is 11.6. The van der Waals surface area contributed by atoms with Crippen LogP contribution in [0.2, 0.25) is 5.02 Å². The summed E-state index contributed by atoms with van der Waals surface area (Å²) in [4.78, 5) is 17.2. The van der Waals surface area contributed by atoms with Crippen molar-refractivity contribution < 1.29 is 4.79 Å². The van der Waals surface area contributed by atoms with Gasteiger partial charge in [-0.1, -0.05) is 36.9 Å². The third kappa shape index (κ3) is 4.42. The second-order valence-electron chi connectivity index (χ2n) is 7.02. The van der Waals surface area contributed by atoms with E-state index in [-0.39, 0.29) is 11.9 Å². The van der Waals surface area contributed by atoms with Gasteiger partial charge in [-0.05, 0) is 38.0 Å². The maximum atomic E-state index is 12.5. The van der Waals surface area contributed by atoms with Gasteiger partial charge in [0.2, 0.25) is 5.91 Å². The molecule has 4 nitrogen and oxygen atoms in total. The fourth-order valence-electron chi connectivity index (χ4n) is 3.77. The Bertz CT molecular complexity index is 551. The standard InChI is InChI=1S/C19H28ClN3O/c1-15(19(24)21-17-7-3-2-4-8-17)22-10-12-23(13-11-22)18-9-5-6-16(20)14-18/h5-6,9,14-15,17H,2-4,7-8,10-13H2,1H3,(H,21,24). The van der Waals surface area contributed by atoms with Crippen LogP contribution >= 0.6 is 11.6 Å². The molecule has 1 aromatic carbocycles. The van der Waals surface area contributed by atoms with Gasteiger partial charge >= 0.3 is 0 Å². The number of benzene rings is 1. The van der Waals surface area contributed by atoms with Gasteiger partial charge in [0.1, 0.15) is 0 Å². The molecule has 1 amide bonds. The van der Waals surface area contributed by atoms with Crippen LogP contribution in [-0.2, 0) is 4.79 Å². The number of nitrogens with one attached hydrogen (secondary N) is 1. The largest absolute Gasteiger partial charge is 0.369 e. The average molecular weight is 350 g/mol. The van der Waals surface area contributed by atoms with E-state index in [0.29, 0.717) is 6.04 Å². The van der Waals surface area contributed by atoms with Gasteiger partial charge in [0.05, 0.1) is 6.04 Å². The number of anilines is 1. The number of rotatable bonds is 4. The number of hydrogen-bond donors (Lipinski definition) is 1. The Kier molecular flexibility index (Phi) is 6.01. The number of amides is 1. The van der Waals surface area contributed by atoms with Crippen molar-refractivity contribution >= 4 is 23.2 Å². The van der Waals surface area contributed by atoms with Crippen molar-refractivity contribution in [2.24, 2.45) is 0 Å². The van der Waals surface area contributed by atoms with Crippen LogP contribution in [0.3, 0.4) is 0 Å². The van der Waals surface area contributed by atoms with E-state index in [1.54, 1.807) is 0 Å². The van der Waals surface area contributed by atoms with Crippen LogP contribution in [0.1, 0.15) is 39.0 Å². The van der Waals surface area contributed by atoms with Crippen molar-refractivity contribution in [2.45, 2.75) is 51.1 Å². The third-order valence-electron chi connectivity index (χ3n) is 5.37. The number of piperazine rings is 1. The zero-order chi connectivity index (χ0) is 16.9. The van der Waals surface area contributed by atoms with Crippen LogP contribution in [0.25, 0.3) is 0 Å². The molecule has 1 unspecified atom stereocenters. The first-order valence-electron chi connectivity index (χ1n) is 9.18. The minimum atomic E-state index is -0.0477. The molecule has 1 aliphatic heterocycles. The number of halogens is 1. The third-order valence-corrected chi connectivity index (χ3v) is 5.60. The normalized spacial score (nSPS) is 21.5. The summed E-state index contributed by atoms with van der Waals surface area (Å²) in [5.74, 6) is 0.193. The van der Waals surface area contributed by atoms with Crippen molar-refractivity contribution in [3.8, 4) is 0 Å². The number of carbonyl (C=O) groups excluding carboxylic acids is 1. The highest BCUT2D eigenvalue weighted by molar-refractivity contribution is 6.30. The predicted molar refractivity (Wildman–Crippen MR) is 99.7 cm³/mol. The highest BCUT2D eigenvalue weighted by Gasteiger charge is 2.27. The van der Waals surface area contributed by atoms with Gasteiger partial charge in [-0.3, -0.25) is 9.69 Å². The van der Waals surface area contributed by atoms with Crippen molar-refractivity contribution in [3.63, 3.8) is 0 Å². The number of hydrogen-bond acceptors (Lipinski definition) is 3. The Hall–Kier alpha value is -1.26. The molecule has 0 spiro atoms. The Morgan fingerprint density at radius 2 is 1.88 bits per heavy atom. The molecule has 1 aliphatic carbocycles. The van der Waals surface area contributed by atoms with E-state index in [1.807, 2.05) is 25.1 Å². The van der Waals surface area contributed by atoms with Crippen LogP contribution in [-0.4, -0.2) is 49.1 Å². The maximum absolute atomic E-state index is 12.5. The molecule has 3 rings (SSSR count). The minimum Gasteiger partial charge on any atom is -0.369 e. The number of nitrogens with zero attached hydrogens (tertiary/aromatic N) is 2. The summed E-state index contributed by atoms with van der Waals surface area (Å²) in [5.41, 5.74) is 1.17.